The standard InChI is InChI=1S/C27H36N4O6/c1-27(2,3)37-26(35)30-13-6-5-10-22(30)36-17-14-16(15-17)18-8-7-9-19-23(18)29(4)25(34)31(19)20-11-12-21(32)28-24(20)33/h7-9,16-17,20,22H,5-6,10-15H2,1-4H3,(H,28,32,33). The van der Waals surface area contributed by atoms with Gasteiger partial charge in [0.2, 0.25) is 11.8 Å². The molecule has 2 aliphatic heterocycles. The van der Waals surface area contributed by atoms with Crippen LogP contribution in [-0.2, 0) is 26.1 Å². The number of carbonyl (C=O) groups is 3. The Labute approximate surface area is 215 Å². The Morgan fingerprint density at radius 3 is 2.54 bits per heavy atom. The summed E-state index contributed by atoms with van der Waals surface area (Å²) in [6.45, 7) is 6.22. The fourth-order valence-corrected chi connectivity index (χ4v) is 5.75. The van der Waals surface area contributed by atoms with Gasteiger partial charge in [-0.25, -0.2) is 9.59 Å². The first-order valence-electron chi connectivity index (χ1n) is 13.2. The fraction of sp³-hybridized carbons (Fsp3) is 0.630. The number of fused-ring (bicyclic) bond motifs is 1. The summed E-state index contributed by atoms with van der Waals surface area (Å²) in [6.07, 6.45) is 4.23. The molecule has 0 bridgehead atoms. The van der Waals surface area contributed by atoms with Crippen LogP contribution in [0.15, 0.2) is 23.0 Å². The van der Waals surface area contributed by atoms with E-state index >= 15 is 0 Å². The number of carbonyl (C=O) groups excluding carboxylic acids is 3. The van der Waals surface area contributed by atoms with E-state index in [-0.39, 0.29) is 42.4 Å². The number of ether oxygens (including phenoxy) is 2. The molecule has 1 aliphatic carbocycles. The normalized spacial score (nSPS) is 26.6. The van der Waals surface area contributed by atoms with Crippen molar-refractivity contribution in [3.63, 3.8) is 0 Å². The number of amides is 3. The van der Waals surface area contributed by atoms with Gasteiger partial charge in [0.15, 0.2) is 0 Å². The molecule has 1 aromatic carbocycles. The van der Waals surface area contributed by atoms with Crippen LogP contribution in [0.1, 0.15) is 83.2 Å². The predicted molar refractivity (Wildman–Crippen MR) is 136 cm³/mol. The number of likely N-dealkylation sites (tertiary alicyclic amines) is 1. The van der Waals surface area contributed by atoms with Crippen LogP contribution in [0.5, 0.6) is 0 Å². The second-order valence-corrected chi connectivity index (χ2v) is 11.4. The highest BCUT2D eigenvalue weighted by Crippen LogP contribution is 2.43. The van der Waals surface area contributed by atoms with Crippen LogP contribution in [0.2, 0.25) is 0 Å². The van der Waals surface area contributed by atoms with Crippen molar-refractivity contribution in [1.29, 1.82) is 0 Å². The first kappa shape index (κ1) is 25.5. The number of aromatic nitrogens is 2. The third-order valence-electron chi connectivity index (χ3n) is 7.62. The largest absolute Gasteiger partial charge is 0.444 e. The van der Waals surface area contributed by atoms with Crippen LogP contribution < -0.4 is 11.0 Å². The average Bonchev–Trinajstić information content (AvgIpc) is 3.05. The lowest BCUT2D eigenvalue weighted by molar-refractivity contribution is -0.138. The van der Waals surface area contributed by atoms with E-state index in [2.05, 4.69) is 5.32 Å². The Hall–Kier alpha value is -3.14. The maximum Gasteiger partial charge on any atom is 0.412 e. The van der Waals surface area contributed by atoms with Gasteiger partial charge in [-0.15, -0.1) is 0 Å². The van der Waals surface area contributed by atoms with Crippen molar-refractivity contribution in [2.45, 2.75) is 95.6 Å². The summed E-state index contributed by atoms with van der Waals surface area (Å²) >= 11 is 0. The lowest BCUT2D eigenvalue weighted by Crippen LogP contribution is -2.49. The average molecular weight is 513 g/mol. The van der Waals surface area contributed by atoms with E-state index in [1.165, 1.54) is 4.57 Å². The lowest BCUT2D eigenvalue weighted by Gasteiger charge is -2.42. The van der Waals surface area contributed by atoms with Gasteiger partial charge in [-0.1, -0.05) is 12.1 Å². The van der Waals surface area contributed by atoms with Gasteiger partial charge < -0.3 is 9.47 Å². The number of hydrogen-bond acceptors (Lipinski definition) is 6. The molecule has 2 unspecified atom stereocenters. The topological polar surface area (TPSA) is 112 Å². The molecule has 1 N–H and O–H groups in total. The van der Waals surface area contributed by atoms with Crippen molar-refractivity contribution in [2.75, 3.05) is 6.54 Å². The molecule has 3 amide bonds. The molecule has 5 rings (SSSR count). The van der Waals surface area contributed by atoms with Gasteiger partial charge in [-0.3, -0.25) is 28.9 Å². The van der Waals surface area contributed by atoms with Crippen LogP contribution in [0.25, 0.3) is 11.0 Å². The number of benzene rings is 1. The minimum atomic E-state index is -0.702. The maximum atomic E-state index is 13.2. The van der Waals surface area contributed by atoms with E-state index in [9.17, 15) is 19.2 Å². The van der Waals surface area contributed by atoms with Crippen molar-refractivity contribution in [2.24, 2.45) is 7.05 Å². The van der Waals surface area contributed by atoms with E-state index in [0.29, 0.717) is 18.5 Å². The first-order valence-corrected chi connectivity index (χ1v) is 13.2. The summed E-state index contributed by atoms with van der Waals surface area (Å²) in [7, 11) is 1.73. The molecule has 10 heteroatoms. The summed E-state index contributed by atoms with van der Waals surface area (Å²) < 4.78 is 15.1. The molecule has 2 aromatic rings. The molecule has 3 fully saturated rings. The fourth-order valence-electron chi connectivity index (χ4n) is 5.75. The van der Waals surface area contributed by atoms with E-state index < -0.39 is 17.6 Å². The van der Waals surface area contributed by atoms with Gasteiger partial charge in [-0.05, 0) is 76.8 Å². The molecular weight excluding hydrogens is 476 g/mol. The number of imidazole rings is 1. The highest BCUT2D eigenvalue weighted by molar-refractivity contribution is 6.00. The highest BCUT2D eigenvalue weighted by Gasteiger charge is 2.39. The molecule has 37 heavy (non-hydrogen) atoms. The van der Waals surface area contributed by atoms with Crippen LogP contribution in [0.4, 0.5) is 4.79 Å². The number of rotatable bonds is 4. The molecular formula is C27H36N4O6. The van der Waals surface area contributed by atoms with E-state index in [0.717, 1.165) is 43.2 Å². The van der Waals surface area contributed by atoms with E-state index in [1.807, 2.05) is 39.0 Å². The Kier molecular flexibility index (Phi) is 6.64. The number of aryl methyl sites for hydroxylation is 1. The van der Waals surface area contributed by atoms with Crippen LogP contribution in [-0.4, -0.2) is 56.4 Å². The Morgan fingerprint density at radius 1 is 1.08 bits per heavy atom. The van der Waals surface area contributed by atoms with Crippen LogP contribution in [0, 0.1) is 0 Å². The molecule has 1 aromatic heterocycles. The van der Waals surface area contributed by atoms with Gasteiger partial charge >= 0.3 is 11.8 Å². The van der Waals surface area contributed by atoms with Crippen molar-refractivity contribution < 1.29 is 23.9 Å². The zero-order valence-corrected chi connectivity index (χ0v) is 22.0. The zero-order chi connectivity index (χ0) is 26.5. The lowest BCUT2D eigenvalue weighted by atomic mass is 9.77. The SMILES string of the molecule is Cn1c(=O)n(C2CCC(=O)NC2=O)c2cccc(C3CC(OC4CCCCN4C(=O)OC(C)(C)C)C3)c21. The third-order valence-corrected chi connectivity index (χ3v) is 7.62. The second-order valence-electron chi connectivity index (χ2n) is 11.4. The van der Waals surface area contributed by atoms with Gasteiger partial charge in [0.25, 0.3) is 0 Å². The third kappa shape index (κ3) is 4.91. The molecule has 0 spiro atoms. The van der Waals surface area contributed by atoms with Crippen molar-refractivity contribution >= 4 is 28.9 Å². The summed E-state index contributed by atoms with van der Waals surface area (Å²) in [4.78, 5) is 51.8. The molecule has 2 saturated heterocycles. The molecule has 1 saturated carbocycles. The molecule has 0 radical (unpaired) electrons. The number of nitrogens with zero attached hydrogens (tertiary/aromatic N) is 3. The zero-order valence-electron chi connectivity index (χ0n) is 22.0. The summed E-state index contributed by atoms with van der Waals surface area (Å²) in [5, 5.41) is 2.36. The summed E-state index contributed by atoms with van der Waals surface area (Å²) in [6, 6.07) is 5.10. The molecule has 2 atom stereocenters. The number of piperidine rings is 2. The minimum Gasteiger partial charge on any atom is -0.444 e. The number of nitrogens with one attached hydrogen (secondary N) is 1. The Balaban J connectivity index is 1.32. The van der Waals surface area contributed by atoms with E-state index in [1.54, 1.807) is 16.5 Å². The van der Waals surface area contributed by atoms with Crippen molar-refractivity contribution in [3.8, 4) is 0 Å². The van der Waals surface area contributed by atoms with Crippen molar-refractivity contribution in [3.05, 3.63) is 34.2 Å². The number of hydrogen-bond donors (Lipinski definition) is 1. The molecule has 200 valence electrons. The Morgan fingerprint density at radius 2 is 1.84 bits per heavy atom. The number of para-hydroxylation sites is 1. The molecule has 10 nitrogen and oxygen atoms in total. The van der Waals surface area contributed by atoms with Crippen LogP contribution in [0.3, 0.4) is 0 Å². The van der Waals surface area contributed by atoms with Gasteiger partial charge in [0, 0.05) is 20.0 Å². The maximum absolute atomic E-state index is 13.2. The second kappa shape index (κ2) is 9.63. The Bertz CT molecular complexity index is 1280. The highest BCUT2D eigenvalue weighted by atomic mass is 16.6. The monoisotopic (exact) mass is 512 g/mol. The molecule has 3 aliphatic rings. The summed E-state index contributed by atoms with van der Waals surface area (Å²) in [5.74, 6) is -0.537. The van der Waals surface area contributed by atoms with Crippen LogP contribution >= 0.6 is 0 Å². The van der Waals surface area contributed by atoms with Gasteiger partial charge in [-0.2, -0.15) is 0 Å². The predicted octanol–water partition coefficient (Wildman–Crippen LogP) is 3.33. The smallest absolute Gasteiger partial charge is 0.412 e. The van der Waals surface area contributed by atoms with Gasteiger partial charge in [0.05, 0.1) is 17.1 Å². The quantitative estimate of drug-likeness (QED) is 0.629. The van der Waals surface area contributed by atoms with Crippen molar-refractivity contribution in [1.82, 2.24) is 19.4 Å². The van der Waals surface area contributed by atoms with E-state index in [4.69, 9.17) is 9.47 Å². The van der Waals surface area contributed by atoms with Gasteiger partial charge in [0.1, 0.15) is 17.9 Å². The first-order chi connectivity index (χ1) is 17.5. The number of imide groups is 1. The minimum absolute atomic E-state index is 0.0162. The summed E-state index contributed by atoms with van der Waals surface area (Å²) in [5.41, 5.74) is 1.75. The molecule has 3 heterocycles.